The van der Waals surface area contributed by atoms with Gasteiger partial charge in [-0.15, -0.1) is 0 Å². The van der Waals surface area contributed by atoms with Gasteiger partial charge in [0.2, 0.25) is 34.9 Å². The lowest BCUT2D eigenvalue weighted by Gasteiger charge is -2.48. The molecule has 0 spiro atoms. The summed E-state index contributed by atoms with van der Waals surface area (Å²) in [5.41, 5.74) is 15.0. The van der Waals surface area contributed by atoms with E-state index in [1.165, 1.54) is 36.7 Å². The number of fused-ring (bicyclic) bond motifs is 17. The molecule has 9 heterocycles. The van der Waals surface area contributed by atoms with Gasteiger partial charge in [0.1, 0.15) is 78.3 Å². The molecule has 2 N–H and O–H groups in total. The molecule has 4 aromatic carbocycles. The predicted octanol–water partition coefficient (Wildman–Crippen LogP) is 35.3. The number of aliphatic hydroxyl groups excluding tert-OH is 2. The Balaban J connectivity index is -0.0000000602. The van der Waals surface area contributed by atoms with Gasteiger partial charge in [-0.1, -0.05) is 153 Å². The van der Waals surface area contributed by atoms with Crippen LogP contribution >= 0.6 is 0 Å². The van der Waals surface area contributed by atoms with Crippen LogP contribution in [-0.2, 0) is 63.4 Å². The molecular weight excluding hydrogens is 1730 g/mol. The highest BCUT2D eigenvalue weighted by atomic mass is 16.5. The van der Waals surface area contributed by atoms with E-state index in [1.54, 1.807) is 19.0 Å². The summed E-state index contributed by atoms with van der Waals surface area (Å²) in [6, 6.07) is 31.6. The number of nitrogens with zero attached hydrogens (tertiary/aromatic N) is 19. The van der Waals surface area contributed by atoms with Crippen LogP contribution in [0.2, 0.25) is 0 Å². The lowest BCUT2D eigenvalue weighted by atomic mass is 9.55. The van der Waals surface area contributed by atoms with Crippen LogP contribution in [0.25, 0.3) is 99.4 Å². The molecule has 814 valence electrons. The van der Waals surface area contributed by atoms with E-state index in [0.29, 0.717) is 94.0 Å². The molecule has 13 aromatic rings. The van der Waals surface area contributed by atoms with E-state index in [-0.39, 0.29) is 88.4 Å². The zero-order valence-electron chi connectivity index (χ0n) is 192. The molecule has 0 unspecified atom stereocenters. The van der Waals surface area contributed by atoms with E-state index in [9.17, 15) is 19.8 Å². The van der Waals surface area contributed by atoms with Crippen molar-refractivity contribution in [3.8, 4) is 69.6 Å². The van der Waals surface area contributed by atoms with Gasteiger partial charge < -0.3 is 38.5 Å². The Labute approximate surface area is 974 Å². The first-order valence-electron chi connectivity index (χ1n) is 105. The lowest BCUT2D eigenvalue weighted by Crippen LogP contribution is -2.48. The van der Waals surface area contributed by atoms with Gasteiger partial charge in [-0.25, -0.2) is 69.5 Å². The van der Waals surface area contributed by atoms with Gasteiger partial charge in [0.25, 0.3) is 0 Å². The van der Waals surface area contributed by atoms with Gasteiger partial charge in [0.15, 0.2) is 34.9 Å². The summed E-state index contributed by atoms with van der Waals surface area (Å²) in [6.07, 6.45) is 33.5. The molecule has 9 aromatic heterocycles. The molecule has 28 nitrogen and oxygen atoms in total. The Hall–Kier alpha value is -13.9. The summed E-state index contributed by atoms with van der Waals surface area (Å²) in [6.45, 7) is 36.3. The molecule has 0 aliphatic heterocycles. The van der Waals surface area contributed by atoms with Crippen LogP contribution in [0, 0.1) is 54.6 Å². The quantitative estimate of drug-likeness (QED) is 0.0652. The van der Waals surface area contributed by atoms with Crippen molar-refractivity contribution in [2.75, 3.05) is 0 Å². The summed E-state index contributed by atoms with van der Waals surface area (Å²) < 4.78 is 591. The summed E-state index contributed by atoms with van der Waals surface area (Å²) in [4.78, 5) is 109. The summed E-state index contributed by atoms with van der Waals surface area (Å²) in [7, 11) is 0. The number of aliphatic hydroxyl groups is 2. The maximum atomic E-state index is 12.9. The molecule has 0 amide bonds. The van der Waals surface area contributed by atoms with Crippen molar-refractivity contribution in [1.82, 2.24) is 84.9 Å². The highest BCUT2D eigenvalue weighted by Crippen LogP contribution is 2.60. The molecule has 12 aliphatic rings. The number of carbonyl (C=O) groups excluding carboxylic acids is 2. The number of ether oxygens (including phenoxy) is 4. The largest absolute Gasteiger partial charge is 0.523 e. The second-order valence-electron chi connectivity index (χ2n) is 40.3. The van der Waals surface area contributed by atoms with Crippen molar-refractivity contribution in [3.63, 3.8) is 0 Å². The minimum atomic E-state index is -0.557. The van der Waals surface area contributed by atoms with Crippen molar-refractivity contribution in [2.45, 2.75) is 269 Å². The maximum Gasteiger partial charge on any atom is 0.226 e. The fraction of sp³-hybridized carbons (Fsp3) is 0.445. The minimum Gasteiger partial charge on any atom is -0.523 e. The third-order valence-corrected chi connectivity index (χ3v) is 32.5. The van der Waals surface area contributed by atoms with Crippen molar-refractivity contribution >= 4 is 55.2 Å². The van der Waals surface area contributed by atoms with Gasteiger partial charge in [0, 0.05) is 267 Å². The Bertz CT molecular complexity index is 7440. The van der Waals surface area contributed by atoms with Gasteiger partial charge in [-0.2, -0.15) is 19.9 Å². The summed E-state index contributed by atoms with van der Waals surface area (Å²) in [5.74, 6) is 6.68. The number of benzene rings is 4. The molecule has 25 rings (SSSR count). The average molecular weight is 2180 g/mol. The number of para-hydroxylation sites is 4. The molecule has 0 saturated heterocycles. The molecule has 12 atom stereocenters. The Kier molecular flexibility index (Phi) is 12.4. The number of hydrogen-bond acceptors (Lipinski definition) is 26. The van der Waals surface area contributed by atoms with Crippen LogP contribution in [0.4, 0.5) is 0 Å². The van der Waals surface area contributed by atoms with E-state index in [0.717, 1.165) is 222 Å². The van der Waals surface area contributed by atoms with Crippen molar-refractivity contribution < 1.29 is 210 Å². The van der Waals surface area contributed by atoms with Crippen LogP contribution in [-0.4, -0.2) is 131 Å². The van der Waals surface area contributed by atoms with Gasteiger partial charge >= 0.3 is 0 Å². The monoisotopic (exact) mass is 2180 g/mol. The van der Waals surface area contributed by atoms with Crippen LogP contribution in [0.1, 0.15) is 413 Å². The van der Waals surface area contributed by atoms with E-state index in [4.69, 9.17) is 243 Å². The van der Waals surface area contributed by atoms with Crippen molar-refractivity contribution in [3.05, 3.63) is 243 Å². The van der Waals surface area contributed by atoms with E-state index in [2.05, 4.69) is 89.3 Å². The molecular formula is C110H225N19O9. The molecule has 28 heteroatoms. The van der Waals surface area contributed by atoms with Crippen LogP contribution in [0.3, 0.4) is 0 Å². The third-order valence-electron chi connectivity index (χ3n) is 32.5. The van der Waals surface area contributed by atoms with E-state index >= 15 is 0 Å². The lowest BCUT2D eigenvalue weighted by molar-refractivity contribution is -0.124. The SMILES string of the molecule is CC.C[C@H]1C(=O)/C(=C\O)C[C@@]2(C)c3nc(-c4ncnc5ccccc45)nc(OC4CCC4)c3CC[C@H]12.C[C@H]1c2oncc2C[C@@]2(C)c3nc(-c4ncnc5ccccc45)nc(OC4CCC4)c3CC[C@H]12.[3H][3H].[3H][3H].[3H][3H].[3H][3H].[3H][3H].[3H][3H].[3H][3H].[3H][3H].[3H][3H].[3H][3H].[3H][3H].[3H][3H].[3H][3H].[3H][3H].[3H][3H].[3H][3H].[3H][3H].[3H][3H].[3H][3H].[3H][3H].[3H][3H].[3H][3H].[3H][3H].[3H][3H].[3H][3H].[3H][3H].[3H][3H].[3H][3H].[3H][3H].[3H][3H].[3H][3H].[3H][3H].[3H][3H].[3H][3H].[3H][3H].[3H][3H].[3H][3H].[3H][3H].[3H][3H].[3H][3H].[3H][3H].[3H][3H].[3H][3H].[3H][3H].[3H][3H].[3H][3H].[3H][3H].[3H][3H].[3H][3H].[3H][3H].[3H][3H].[3H][3H].[3H][3H].[3H][3H].[3H][3H].[3H][3H].[C-]#[N+]C1=C(O)[C@H](C)[C@H]2CCc3c(OC4CCC4)nc(-c4ncnc5ccccc45)nc3[C@]2(C)C1.[C-]#[N+]C1=C[C@@]2(C)c3nc(-c4ncnc5ccccc45)nc(OC4CCC4)c3CC[C@@H]2[C@@H](C)C1=O. The second-order valence-corrected chi connectivity index (χ2v) is 40.3. The first kappa shape index (κ1) is 47.0. The van der Waals surface area contributed by atoms with Gasteiger partial charge in [0.05, 0.1) is 76.2 Å². The average Bonchev–Trinajstić information content (AvgIpc) is 1.07. The predicted molar refractivity (Wildman–Crippen MR) is 639 cm³/mol. The minimum absolute atomic E-state index is 0.0374. The molecule has 5 fully saturated rings. The Morgan fingerprint density at radius 2 is 0.761 bits per heavy atom. The first-order valence-corrected chi connectivity index (χ1v) is 49.5. The topological polar surface area (TPSA) is 353 Å². The molecule has 138 heavy (non-hydrogen) atoms. The Morgan fingerprint density at radius 1 is 0.420 bits per heavy atom. The fourth-order valence-corrected chi connectivity index (χ4v) is 24.2. The standard InChI is InChI=1S/2C27H27N5O2.C27H25N5O2.C27H28N4O3.C2H6.56H2/c1-15-20-11-10-19-24(27(20,2)12-16-13-30-34-23(15)16)31-25(32-26(19)33-17-6-5-7-17)22-18-8-3-4-9-21(18)28-14-29-22;2*1-15-19-12-11-18-24(27(19,2)13-21(28-3)23(15)33)31-25(32-26(18)34-16-7-6-8-16)22-17-9-4-5-10-20(17)29-14-30-22;1-15-20-11-10-19-24(27(20,2)12-16(13-32)23(15)33)30-25(31-26(19)34-17-6-5-7-17)22-18-8-3-4-9-21(18)28-14-29-22;1-2;;;;;;;;;;;;;;;;;;;;;;;;;;;;;;;;;;;;;;;;;;;;;;;;;;;;;;;;/h3-4,8-9,13-15,17,20H,5-7,10-12H2,1-2H3;4-5,9-10,14-16,19,33H,6-8,11-13H2,1-2H3;4-5,9-10,13-16,19H,6-8,11-12H2,1-2H3;3-4,8-9,13-15,17,20,32H,5-7,10-12H2,1-2H3;1-2H3;56*1H/b;;;16-13-;;;;;;;;;;;;;;;;;;;;;;;;;;;;;;;;;;;;;;;;;;;;;;;;;;;;;;;;;/t15-,20-,27-;2*15-,19-,27-;15-,20-,27-;;;;;;;;;;;;;;;;;;;;;;;;;;;;;;;;;;;;;;;;;;;;;;;;;;;;;;;;;/m1111........................................................./s1/i;;;;;56*1+2T. The molecule has 12 aliphatic carbocycles. The molecule has 0 radical (unpaired) electrons. The Morgan fingerprint density at radius 3 is 1.13 bits per heavy atom. The maximum absolute atomic E-state index is 12.9. The third kappa shape index (κ3) is 15.7. The smallest absolute Gasteiger partial charge is 0.226 e. The highest BCUT2D eigenvalue weighted by Gasteiger charge is 2.56. The van der Waals surface area contributed by atoms with E-state index < -0.39 is 16.2 Å². The fourth-order valence-electron chi connectivity index (χ4n) is 24.2. The second kappa shape index (κ2) is 36.5. The summed E-state index contributed by atoms with van der Waals surface area (Å²) >= 11 is 0. The number of carbonyl (C=O) groups is 2. The normalized spacial score (nSPS) is 29.4. The highest BCUT2D eigenvalue weighted by molar-refractivity contribution is 6.01. The van der Waals surface area contributed by atoms with Gasteiger partial charge in [-0.05, 0) is 196 Å². The van der Waals surface area contributed by atoms with Gasteiger partial charge in [-0.3, -0.25) is 4.79 Å². The number of aromatic nitrogens is 17. The van der Waals surface area contributed by atoms with Crippen molar-refractivity contribution in [2.24, 2.45) is 41.4 Å². The number of Topliss-reactive ketones (excluding diaryl/α,β-unsaturated/α-hetero) is 2. The van der Waals surface area contributed by atoms with Crippen LogP contribution in [0.5, 0.6) is 23.5 Å². The van der Waals surface area contributed by atoms with Crippen LogP contribution < -0.4 is 18.9 Å². The van der Waals surface area contributed by atoms with Crippen LogP contribution in [0.15, 0.2) is 168 Å². The number of allylic oxidation sites excluding steroid dienone is 5. The zero-order valence-corrected chi connectivity index (χ0v) is 79.7. The first-order chi connectivity index (χ1) is 123. The number of rotatable bonds is 12. The summed E-state index contributed by atoms with van der Waals surface area (Å²) in [5, 5.41) is 28.3. The van der Waals surface area contributed by atoms with E-state index in [1.807, 2.05) is 144 Å². The molecule has 5 saturated carbocycles. The van der Waals surface area contributed by atoms with Crippen molar-refractivity contribution in [1.29, 1.82) is 0 Å². The molecule has 0 bridgehead atoms. The number of ketones is 2. The number of hydrogen-bond donors (Lipinski definition) is 2. The zero-order chi connectivity index (χ0) is 207.